The van der Waals surface area contributed by atoms with Crippen molar-refractivity contribution in [3.8, 4) is 0 Å². The van der Waals surface area contributed by atoms with E-state index in [0.717, 1.165) is 14.0 Å². The summed E-state index contributed by atoms with van der Waals surface area (Å²) in [5.74, 6) is -0.316. The van der Waals surface area contributed by atoms with Crippen LogP contribution in [-0.2, 0) is 13.1 Å². The van der Waals surface area contributed by atoms with Gasteiger partial charge >= 0.3 is 0 Å². The lowest BCUT2D eigenvalue weighted by Gasteiger charge is -2.21. The highest BCUT2D eigenvalue weighted by Crippen LogP contribution is 2.23. The highest BCUT2D eigenvalue weighted by atomic mass is 79.9. The van der Waals surface area contributed by atoms with Crippen LogP contribution in [0.4, 0.5) is 8.78 Å². The first-order valence-corrected chi connectivity index (χ1v) is 8.96. The van der Waals surface area contributed by atoms with Crippen molar-refractivity contribution < 1.29 is 18.7 Å². The van der Waals surface area contributed by atoms with Crippen LogP contribution in [0.5, 0.6) is 0 Å². The number of amides is 1. The quantitative estimate of drug-likeness (QED) is 0.746. The van der Waals surface area contributed by atoms with Gasteiger partial charge in [0.15, 0.2) is 0 Å². The van der Waals surface area contributed by atoms with E-state index < -0.39 is 13.0 Å². The Labute approximate surface area is 151 Å². The molecule has 0 spiro atoms. The average Bonchev–Trinajstić information content (AvgIpc) is 3.01. The summed E-state index contributed by atoms with van der Waals surface area (Å²) >= 11 is 4.86. The standard InChI is InChI=1S/C15H18BrF2N3O2S/c1-9-14(10(2)21(19-9)7-13(17)18)15(23)20(3-4-22)6-12-5-11(16)8-24-12/h5,8,13,22H,3-4,6-7H2,1-2H3. The lowest BCUT2D eigenvalue weighted by Crippen LogP contribution is -2.33. The van der Waals surface area contributed by atoms with Crippen LogP contribution >= 0.6 is 27.3 Å². The maximum atomic E-state index is 12.9. The molecule has 1 N–H and O–H groups in total. The Bertz CT molecular complexity index is 718. The molecule has 9 heteroatoms. The number of rotatable bonds is 7. The molecule has 0 aliphatic heterocycles. The first-order valence-electron chi connectivity index (χ1n) is 7.28. The number of aliphatic hydroxyl groups is 1. The van der Waals surface area contributed by atoms with Gasteiger partial charge in [0.2, 0.25) is 0 Å². The summed E-state index contributed by atoms with van der Waals surface area (Å²) in [5, 5.41) is 15.2. The molecule has 0 aliphatic carbocycles. The fraction of sp³-hybridized carbons (Fsp3) is 0.467. The fourth-order valence-electron chi connectivity index (χ4n) is 2.47. The highest BCUT2D eigenvalue weighted by Gasteiger charge is 2.25. The van der Waals surface area contributed by atoms with Gasteiger partial charge in [-0.05, 0) is 35.8 Å². The Kier molecular flexibility index (Phi) is 6.47. The number of aryl methyl sites for hydroxylation is 1. The lowest BCUT2D eigenvalue weighted by molar-refractivity contribution is 0.0707. The second-order valence-corrected chi connectivity index (χ2v) is 7.21. The van der Waals surface area contributed by atoms with E-state index in [2.05, 4.69) is 21.0 Å². The number of carbonyl (C=O) groups is 1. The van der Waals surface area contributed by atoms with Crippen LogP contribution in [0.1, 0.15) is 26.6 Å². The van der Waals surface area contributed by atoms with E-state index in [1.54, 1.807) is 13.8 Å². The van der Waals surface area contributed by atoms with Crippen LogP contribution in [0.25, 0.3) is 0 Å². The highest BCUT2D eigenvalue weighted by molar-refractivity contribution is 9.10. The van der Waals surface area contributed by atoms with Gasteiger partial charge in [-0.25, -0.2) is 8.78 Å². The van der Waals surface area contributed by atoms with Crippen LogP contribution in [0, 0.1) is 13.8 Å². The average molecular weight is 422 g/mol. The van der Waals surface area contributed by atoms with Crippen LogP contribution in [0.15, 0.2) is 15.9 Å². The number of aliphatic hydroxyl groups excluding tert-OH is 1. The first kappa shape index (κ1) is 19.0. The number of carbonyl (C=O) groups excluding carboxylic acids is 1. The Balaban J connectivity index is 2.27. The van der Waals surface area contributed by atoms with Crippen LogP contribution < -0.4 is 0 Å². The summed E-state index contributed by atoms with van der Waals surface area (Å²) < 4.78 is 27.3. The Morgan fingerprint density at radius 2 is 2.21 bits per heavy atom. The molecular weight excluding hydrogens is 404 g/mol. The van der Waals surface area contributed by atoms with Crippen molar-refractivity contribution in [1.82, 2.24) is 14.7 Å². The van der Waals surface area contributed by atoms with Crippen molar-refractivity contribution in [3.05, 3.63) is 37.7 Å². The molecular formula is C15H18BrF2N3O2S. The monoisotopic (exact) mass is 421 g/mol. The molecule has 0 atom stereocenters. The maximum Gasteiger partial charge on any atom is 0.258 e. The first-order chi connectivity index (χ1) is 11.3. The smallest absolute Gasteiger partial charge is 0.258 e. The number of halogens is 3. The van der Waals surface area contributed by atoms with Crippen molar-refractivity contribution in [2.75, 3.05) is 13.2 Å². The van der Waals surface area contributed by atoms with E-state index in [4.69, 9.17) is 0 Å². The third-order valence-corrected chi connectivity index (χ3v) is 5.21. The second-order valence-electron chi connectivity index (χ2n) is 5.30. The van der Waals surface area contributed by atoms with Gasteiger partial charge in [0.25, 0.3) is 12.3 Å². The largest absolute Gasteiger partial charge is 0.395 e. The summed E-state index contributed by atoms with van der Waals surface area (Å²) in [6, 6.07) is 1.91. The van der Waals surface area contributed by atoms with Gasteiger partial charge in [-0.15, -0.1) is 11.3 Å². The van der Waals surface area contributed by atoms with Crippen molar-refractivity contribution in [2.45, 2.75) is 33.4 Å². The van der Waals surface area contributed by atoms with E-state index in [0.29, 0.717) is 23.5 Å². The Morgan fingerprint density at radius 1 is 1.50 bits per heavy atom. The number of thiophene rings is 1. The Morgan fingerprint density at radius 3 is 2.75 bits per heavy atom. The summed E-state index contributed by atoms with van der Waals surface area (Å²) in [4.78, 5) is 15.3. The van der Waals surface area contributed by atoms with Gasteiger partial charge in [0, 0.05) is 27.0 Å². The summed E-state index contributed by atoms with van der Waals surface area (Å²) in [6.07, 6.45) is -2.54. The predicted octanol–water partition coefficient (Wildman–Crippen LogP) is 3.22. The SMILES string of the molecule is Cc1nn(CC(F)F)c(C)c1C(=O)N(CCO)Cc1cc(Br)cs1. The third kappa shape index (κ3) is 4.40. The molecule has 0 radical (unpaired) electrons. The van der Waals surface area contributed by atoms with Crippen molar-refractivity contribution >= 4 is 33.2 Å². The van der Waals surface area contributed by atoms with Crippen LogP contribution in [0.2, 0.25) is 0 Å². The van der Waals surface area contributed by atoms with E-state index >= 15 is 0 Å². The molecule has 0 aromatic carbocycles. The van der Waals surface area contributed by atoms with E-state index in [9.17, 15) is 18.7 Å². The van der Waals surface area contributed by atoms with Crippen molar-refractivity contribution in [1.29, 1.82) is 0 Å². The van der Waals surface area contributed by atoms with Crippen LogP contribution in [-0.4, -0.2) is 45.3 Å². The number of nitrogens with zero attached hydrogens (tertiary/aromatic N) is 3. The minimum absolute atomic E-state index is 0.160. The molecule has 0 bridgehead atoms. The molecule has 2 rings (SSSR count). The molecule has 24 heavy (non-hydrogen) atoms. The molecule has 0 aliphatic rings. The number of hydrogen-bond acceptors (Lipinski definition) is 4. The van der Waals surface area contributed by atoms with Gasteiger partial charge in [-0.1, -0.05) is 0 Å². The third-order valence-electron chi connectivity index (χ3n) is 3.53. The molecule has 2 aromatic rings. The molecule has 132 valence electrons. The van der Waals surface area contributed by atoms with Gasteiger partial charge in [0.1, 0.15) is 6.54 Å². The van der Waals surface area contributed by atoms with Crippen molar-refractivity contribution in [3.63, 3.8) is 0 Å². The molecule has 1 amide bonds. The summed E-state index contributed by atoms with van der Waals surface area (Å²) in [7, 11) is 0. The minimum Gasteiger partial charge on any atom is -0.395 e. The second kappa shape index (κ2) is 8.17. The van der Waals surface area contributed by atoms with Gasteiger partial charge in [-0.2, -0.15) is 5.10 Å². The summed E-state index contributed by atoms with van der Waals surface area (Å²) in [5.41, 5.74) is 1.14. The topological polar surface area (TPSA) is 58.4 Å². The summed E-state index contributed by atoms with van der Waals surface area (Å²) in [6.45, 7) is 3.01. The minimum atomic E-state index is -2.54. The van der Waals surface area contributed by atoms with E-state index in [1.807, 2.05) is 11.4 Å². The maximum absolute atomic E-state index is 12.9. The van der Waals surface area contributed by atoms with Gasteiger partial charge in [0.05, 0.1) is 24.4 Å². The zero-order chi connectivity index (χ0) is 17.9. The predicted molar refractivity (Wildman–Crippen MR) is 91.6 cm³/mol. The molecule has 0 saturated heterocycles. The van der Waals surface area contributed by atoms with Gasteiger partial charge < -0.3 is 10.0 Å². The van der Waals surface area contributed by atoms with Crippen molar-refractivity contribution in [2.24, 2.45) is 0 Å². The molecule has 5 nitrogen and oxygen atoms in total. The molecule has 0 unspecified atom stereocenters. The Hall–Kier alpha value is -1.32. The number of hydrogen-bond donors (Lipinski definition) is 1. The molecule has 0 saturated carbocycles. The zero-order valence-electron chi connectivity index (χ0n) is 13.3. The number of aromatic nitrogens is 2. The molecule has 2 aromatic heterocycles. The lowest BCUT2D eigenvalue weighted by atomic mass is 10.1. The zero-order valence-corrected chi connectivity index (χ0v) is 15.7. The molecule has 2 heterocycles. The number of alkyl halides is 2. The normalized spacial score (nSPS) is 11.3. The molecule has 0 fully saturated rings. The fourth-order valence-corrected chi connectivity index (χ4v) is 3.94. The van der Waals surface area contributed by atoms with E-state index in [-0.39, 0.29) is 19.1 Å². The van der Waals surface area contributed by atoms with E-state index in [1.165, 1.54) is 16.2 Å². The van der Waals surface area contributed by atoms with Crippen LogP contribution in [0.3, 0.4) is 0 Å². The van der Waals surface area contributed by atoms with Gasteiger partial charge in [-0.3, -0.25) is 9.48 Å².